The summed E-state index contributed by atoms with van der Waals surface area (Å²) in [7, 11) is 0. The third-order valence-electron chi connectivity index (χ3n) is 5.09. The minimum absolute atomic E-state index is 0.217. The van der Waals surface area contributed by atoms with Crippen LogP contribution < -0.4 is 10.9 Å². The third kappa shape index (κ3) is 3.57. The minimum atomic E-state index is -0.281. The summed E-state index contributed by atoms with van der Waals surface area (Å²) in [6, 6.07) is 12.4. The molecule has 5 rings (SSSR count). The van der Waals surface area contributed by atoms with Gasteiger partial charge in [0.1, 0.15) is 0 Å². The second-order valence-electron chi connectivity index (χ2n) is 7.15. The Balaban J connectivity index is 1.38. The lowest BCUT2D eigenvalue weighted by Crippen LogP contribution is -2.22. The number of rotatable bonds is 5. The number of thiazole rings is 1. The van der Waals surface area contributed by atoms with Crippen molar-refractivity contribution >= 4 is 51.0 Å². The van der Waals surface area contributed by atoms with Gasteiger partial charge < -0.3 is 10.3 Å². The molecule has 1 amide bonds. The zero-order valence-corrected chi connectivity index (χ0v) is 18.4. The van der Waals surface area contributed by atoms with Crippen LogP contribution in [0.5, 0.6) is 0 Å². The predicted molar refractivity (Wildman–Crippen MR) is 130 cm³/mol. The summed E-state index contributed by atoms with van der Waals surface area (Å²) in [5.74, 6) is -0.281. The van der Waals surface area contributed by atoms with E-state index in [-0.39, 0.29) is 16.2 Å². The first kappa shape index (κ1) is 20.1. The van der Waals surface area contributed by atoms with Crippen LogP contribution in [0.2, 0.25) is 0 Å². The van der Waals surface area contributed by atoms with Crippen molar-refractivity contribution in [3.63, 3.8) is 0 Å². The van der Waals surface area contributed by atoms with Crippen LogP contribution in [-0.4, -0.2) is 24.8 Å². The largest absolute Gasteiger partial charge is 0.332 e. The number of carbonyl (C=O) groups excluding carboxylic acids is 1. The Kier molecular flexibility index (Phi) is 5.04. The van der Waals surface area contributed by atoms with E-state index in [0.717, 1.165) is 16.2 Å². The van der Waals surface area contributed by atoms with Crippen LogP contribution in [0.3, 0.4) is 0 Å². The van der Waals surface area contributed by atoms with Gasteiger partial charge in [0, 0.05) is 41.1 Å². The molecule has 0 aliphatic rings. The molecule has 0 spiro atoms. The lowest BCUT2D eigenvalue weighted by atomic mass is 10.1. The molecule has 0 atom stereocenters. The molecule has 2 aromatic carbocycles. The summed E-state index contributed by atoms with van der Waals surface area (Å²) in [4.78, 5) is 33.9. The highest BCUT2D eigenvalue weighted by molar-refractivity contribution is 7.71. The number of hydrogen-bond acceptors (Lipinski definition) is 5. The average Bonchev–Trinajstić information content (AvgIpc) is 3.39. The number of amides is 1. The van der Waals surface area contributed by atoms with Gasteiger partial charge in [-0.05, 0) is 42.5 Å². The van der Waals surface area contributed by atoms with E-state index >= 15 is 0 Å². The highest BCUT2D eigenvalue weighted by atomic mass is 32.1. The molecule has 9 heteroatoms. The van der Waals surface area contributed by atoms with Crippen LogP contribution in [-0.2, 0) is 6.54 Å². The summed E-state index contributed by atoms with van der Waals surface area (Å²) < 4.78 is 3.69. The number of fused-ring (bicyclic) bond motifs is 2. The van der Waals surface area contributed by atoms with Crippen molar-refractivity contribution in [2.24, 2.45) is 0 Å². The van der Waals surface area contributed by atoms with Crippen LogP contribution in [0.1, 0.15) is 10.4 Å². The van der Waals surface area contributed by atoms with Crippen LogP contribution >= 0.6 is 23.6 Å². The van der Waals surface area contributed by atoms with Crippen LogP contribution in [0.25, 0.3) is 27.1 Å². The number of aromatic amines is 1. The molecule has 0 fully saturated rings. The quantitative estimate of drug-likeness (QED) is 0.290. The fourth-order valence-corrected chi connectivity index (χ4v) is 4.45. The van der Waals surface area contributed by atoms with E-state index in [2.05, 4.69) is 21.9 Å². The van der Waals surface area contributed by atoms with Gasteiger partial charge in [0.25, 0.3) is 11.5 Å². The zero-order valence-electron chi connectivity index (χ0n) is 16.7. The molecule has 32 heavy (non-hydrogen) atoms. The number of benzene rings is 2. The van der Waals surface area contributed by atoms with Crippen molar-refractivity contribution in [3.05, 3.63) is 93.6 Å². The number of anilines is 1. The van der Waals surface area contributed by atoms with Gasteiger partial charge in [0.15, 0.2) is 9.73 Å². The number of nitrogens with one attached hydrogen (secondary N) is 2. The molecule has 0 aliphatic carbocycles. The normalized spacial score (nSPS) is 11.1. The van der Waals surface area contributed by atoms with Gasteiger partial charge in [0.2, 0.25) is 0 Å². The van der Waals surface area contributed by atoms with E-state index in [0.29, 0.717) is 28.7 Å². The molecule has 7 nitrogen and oxygen atoms in total. The molecule has 0 aliphatic heterocycles. The van der Waals surface area contributed by atoms with Crippen molar-refractivity contribution in [2.45, 2.75) is 6.54 Å². The van der Waals surface area contributed by atoms with Gasteiger partial charge in [-0.2, -0.15) is 0 Å². The Bertz CT molecular complexity index is 1580. The molecule has 0 unspecified atom stereocenters. The maximum Gasteiger partial charge on any atom is 0.262 e. The van der Waals surface area contributed by atoms with Gasteiger partial charge in [-0.25, -0.2) is 4.98 Å². The fourth-order valence-electron chi connectivity index (χ4n) is 3.48. The Hall–Kier alpha value is -3.82. The number of aromatic nitrogens is 4. The second kappa shape index (κ2) is 8.03. The van der Waals surface area contributed by atoms with E-state index < -0.39 is 0 Å². The lowest BCUT2D eigenvalue weighted by molar-refractivity contribution is 0.102. The highest BCUT2D eigenvalue weighted by Gasteiger charge is 2.11. The number of carbonyl (C=O) groups is 1. The Labute approximate surface area is 191 Å². The monoisotopic (exact) mass is 459 g/mol. The molecule has 0 radical (unpaired) electrons. The molecule has 5 aromatic rings. The Morgan fingerprint density at radius 1 is 1.25 bits per heavy atom. The Morgan fingerprint density at radius 2 is 2.06 bits per heavy atom. The zero-order chi connectivity index (χ0) is 22.2. The Morgan fingerprint density at radius 3 is 2.81 bits per heavy atom. The van der Waals surface area contributed by atoms with Gasteiger partial charge in [-0.1, -0.05) is 18.2 Å². The first-order valence-corrected chi connectivity index (χ1v) is 11.0. The van der Waals surface area contributed by atoms with E-state index in [4.69, 9.17) is 12.2 Å². The van der Waals surface area contributed by atoms with E-state index in [9.17, 15) is 9.59 Å². The summed E-state index contributed by atoms with van der Waals surface area (Å²) in [5.41, 5.74) is 3.22. The first-order chi connectivity index (χ1) is 15.5. The molecule has 0 bridgehead atoms. The maximum atomic E-state index is 12.8. The lowest BCUT2D eigenvalue weighted by Gasteiger charge is -2.09. The molecule has 2 N–H and O–H groups in total. The van der Waals surface area contributed by atoms with Gasteiger partial charge in [-0.3, -0.25) is 18.6 Å². The molecular formula is C23H17N5O2S2. The average molecular weight is 460 g/mol. The summed E-state index contributed by atoms with van der Waals surface area (Å²) in [6.45, 7) is 3.97. The van der Waals surface area contributed by atoms with Crippen LogP contribution in [0.4, 0.5) is 5.69 Å². The summed E-state index contributed by atoms with van der Waals surface area (Å²) in [6.07, 6.45) is 5.55. The molecule has 158 valence electrons. The molecular weight excluding hydrogens is 442 g/mol. The topological polar surface area (TPSA) is 84.2 Å². The van der Waals surface area contributed by atoms with E-state index in [1.807, 2.05) is 46.4 Å². The molecule has 0 saturated heterocycles. The number of nitrogens with zero attached hydrogens (tertiary/aromatic N) is 3. The first-order valence-electron chi connectivity index (χ1n) is 9.75. The van der Waals surface area contributed by atoms with Crippen molar-refractivity contribution in [3.8, 4) is 11.3 Å². The van der Waals surface area contributed by atoms with Gasteiger partial charge in [-0.15, -0.1) is 17.9 Å². The SMILES string of the molecule is C=CCn1c(=S)[nH]c2cc(C(=O)Nc3ccc(-c4cn5ccsc5n4)cc3)ccc2c1=O. The van der Waals surface area contributed by atoms with Gasteiger partial charge >= 0.3 is 0 Å². The number of imidazole rings is 1. The predicted octanol–water partition coefficient (Wildman–Crippen LogP) is 4.87. The number of allylic oxidation sites excluding steroid dienone is 1. The highest BCUT2D eigenvalue weighted by Crippen LogP contribution is 2.23. The van der Waals surface area contributed by atoms with E-state index in [1.165, 1.54) is 4.57 Å². The van der Waals surface area contributed by atoms with Crippen molar-refractivity contribution in [1.29, 1.82) is 0 Å². The minimum Gasteiger partial charge on any atom is -0.332 e. The van der Waals surface area contributed by atoms with Gasteiger partial charge in [0.05, 0.1) is 16.6 Å². The third-order valence-corrected chi connectivity index (χ3v) is 6.18. The summed E-state index contributed by atoms with van der Waals surface area (Å²) >= 11 is 6.85. The van der Waals surface area contributed by atoms with Crippen molar-refractivity contribution < 1.29 is 4.79 Å². The van der Waals surface area contributed by atoms with E-state index in [1.54, 1.807) is 35.6 Å². The second-order valence-corrected chi connectivity index (χ2v) is 8.41. The summed E-state index contributed by atoms with van der Waals surface area (Å²) in [5, 5.41) is 5.33. The standard InChI is InChI=1S/C23H17N5O2S2/c1-2-9-28-21(30)17-8-5-15(12-18(17)25-22(28)31)20(29)24-16-6-3-14(4-7-16)19-13-27-10-11-32-23(27)26-19/h2-8,10-13H,1,9H2,(H,24,29)(H,25,31). The maximum absolute atomic E-state index is 12.8. The smallest absolute Gasteiger partial charge is 0.262 e. The number of hydrogen-bond donors (Lipinski definition) is 2. The van der Waals surface area contributed by atoms with Crippen LogP contribution in [0, 0.1) is 4.77 Å². The molecule has 3 heterocycles. The molecule has 0 saturated carbocycles. The number of H-pyrrole nitrogens is 1. The van der Waals surface area contributed by atoms with Crippen molar-refractivity contribution in [2.75, 3.05) is 5.32 Å². The van der Waals surface area contributed by atoms with Crippen molar-refractivity contribution in [1.82, 2.24) is 18.9 Å². The van der Waals surface area contributed by atoms with Crippen LogP contribution in [0.15, 0.2) is 77.7 Å². The molecule has 3 aromatic heterocycles. The fraction of sp³-hybridized carbons (Fsp3) is 0.0435.